The Labute approximate surface area is 197 Å². The van der Waals surface area contributed by atoms with Crippen LogP contribution in [0.2, 0.25) is 0 Å². The predicted octanol–water partition coefficient (Wildman–Crippen LogP) is 4.36. The van der Waals surface area contributed by atoms with E-state index in [-0.39, 0.29) is 11.9 Å². The number of carbonyl (C=O) groups is 2. The van der Waals surface area contributed by atoms with E-state index in [1.54, 1.807) is 0 Å². The summed E-state index contributed by atoms with van der Waals surface area (Å²) in [6.45, 7) is 10.1. The number of hydrogen-bond donors (Lipinski definition) is 2. The van der Waals surface area contributed by atoms with Gasteiger partial charge >= 0.3 is 6.09 Å². The molecule has 0 bridgehead atoms. The molecular weight excluding hydrogens is 416 g/mol. The molecule has 1 saturated heterocycles. The lowest BCUT2D eigenvalue weighted by atomic mass is 9.93. The van der Waals surface area contributed by atoms with Gasteiger partial charge in [0.25, 0.3) is 0 Å². The number of hydrogen-bond acceptors (Lipinski definition) is 5. The minimum absolute atomic E-state index is 0.0481. The lowest BCUT2D eigenvalue weighted by Gasteiger charge is -2.33. The summed E-state index contributed by atoms with van der Waals surface area (Å²) >= 11 is 0. The van der Waals surface area contributed by atoms with Gasteiger partial charge in [-0.15, -0.1) is 0 Å². The van der Waals surface area contributed by atoms with E-state index in [2.05, 4.69) is 38.7 Å². The van der Waals surface area contributed by atoms with Gasteiger partial charge in [0.2, 0.25) is 5.91 Å². The maximum atomic E-state index is 12.6. The number of carbonyl (C=O) groups excluding carboxylic acids is 2. The van der Waals surface area contributed by atoms with Crippen LogP contribution >= 0.6 is 0 Å². The van der Waals surface area contributed by atoms with E-state index >= 15 is 0 Å². The van der Waals surface area contributed by atoms with Gasteiger partial charge in [0.15, 0.2) is 0 Å². The van der Waals surface area contributed by atoms with E-state index in [1.807, 2.05) is 46.2 Å². The first-order valence-electron chi connectivity index (χ1n) is 12.0. The Hall–Kier alpha value is -2.83. The molecule has 0 aromatic carbocycles. The highest BCUT2D eigenvalue weighted by molar-refractivity contribution is 5.93. The maximum Gasteiger partial charge on any atom is 0.408 e. The molecule has 2 heterocycles. The van der Waals surface area contributed by atoms with Crippen LogP contribution < -0.4 is 15.5 Å². The number of amides is 2. The molecule has 2 aliphatic rings. The molecule has 3 rings (SSSR count). The second-order valence-electron chi connectivity index (χ2n) is 9.99. The first-order chi connectivity index (χ1) is 15.7. The fourth-order valence-corrected chi connectivity index (χ4v) is 4.37. The first-order valence-corrected chi connectivity index (χ1v) is 12.0. The zero-order valence-corrected chi connectivity index (χ0v) is 20.4. The number of aromatic nitrogens is 1. The fourth-order valence-electron chi connectivity index (χ4n) is 4.37. The van der Waals surface area contributed by atoms with E-state index in [4.69, 9.17) is 4.74 Å². The summed E-state index contributed by atoms with van der Waals surface area (Å²) < 4.78 is 5.36. The Morgan fingerprint density at radius 3 is 2.55 bits per heavy atom. The van der Waals surface area contributed by atoms with Crippen molar-refractivity contribution in [1.29, 1.82) is 0 Å². The highest BCUT2D eigenvalue weighted by Gasteiger charge is 2.24. The number of nitrogens with zero attached hydrogens (tertiary/aromatic N) is 2. The molecule has 0 spiro atoms. The van der Waals surface area contributed by atoms with Crippen LogP contribution in [0.4, 0.5) is 10.5 Å². The van der Waals surface area contributed by atoms with Gasteiger partial charge in [-0.2, -0.15) is 0 Å². The standard InChI is InChI=1S/C26H38N4O3/c1-19(18-21-6-5-7-23(21)29-25(32)33-26(2,3)4)24(31)28-15-8-20-11-16-30(17-12-20)22-9-13-27-14-10-22/h6,9-10,13-14,18,20,23H,5,7-8,11-12,15-17H2,1-4H3,(H,28,31)(H,29,32)/b19-18+. The van der Waals surface area contributed by atoms with E-state index < -0.39 is 11.7 Å². The molecule has 7 nitrogen and oxygen atoms in total. The third-order valence-electron chi connectivity index (χ3n) is 6.15. The van der Waals surface area contributed by atoms with E-state index in [0.717, 1.165) is 50.8 Å². The number of ether oxygens (including phenoxy) is 1. The summed E-state index contributed by atoms with van der Waals surface area (Å²) in [6, 6.07) is 4.00. The number of pyridine rings is 1. The van der Waals surface area contributed by atoms with Crippen molar-refractivity contribution in [2.75, 3.05) is 24.5 Å². The van der Waals surface area contributed by atoms with Crippen LogP contribution in [0.25, 0.3) is 0 Å². The Balaban J connectivity index is 1.40. The van der Waals surface area contributed by atoms with Crippen LogP contribution in [-0.2, 0) is 9.53 Å². The molecule has 33 heavy (non-hydrogen) atoms. The molecule has 1 fully saturated rings. The smallest absolute Gasteiger partial charge is 0.408 e. The second kappa shape index (κ2) is 11.3. The lowest BCUT2D eigenvalue weighted by Crippen LogP contribution is -2.39. The van der Waals surface area contributed by atoms with Crippen LogP contribution in [0.3, 0.4) is 0 Å². The normalized spacial score (nSPS) is 19.8. The fraction of sp³-hybridized carbons (Fsp3) is 0.577. The number of nitrogens with one attached hydrogen (secondary N) is 2. The molecule has 1 aromatic heterocycles. The van der Waals surface area contributed by atoms with Crippen LogP contribution in [0, 0.1) is 5.92 Å². The molecule has 1 atom stereocenters. The molecule has 1 aliphatic heterocycles. The summed E-state index contributed by atoms with van der Waals surface area (Å²) in [5.74, 6) is 0.584. The third kappa shape index (κ3) is 7.91. The average molecular weight is 455 g/mol. The van der Waals surface area contributed by atoms with Crippen molar-refractivity contribution in [2.24, 2.45) is 5.92 Å². The van der Waals surface area contributed by atoms with Crippen molar-refractivity contribution < 1.29 is 14.3 Å². The zero-order chi connectivity index (χ0) is 23.8. The van der Waals surface area contributed by atoms with Crippen molar-refractivity contribution in [2.45, 2.75) is 71.4 Å². The summed E-state index contributed by atoms with van der Waals surface area (Å²) in [4.78, 5) is 31.2. The van der Waals surface area contributed by atoms with Crippen molar-refractivity contribution in [3.63, 3.8) is 0 Å². The molecular formula is C26H38N4O3. The summed E-state index contributed by atoms with van der Waals surface area (Å²) in [5, 5.41) is 5.98. The second-order valence-corrected chi connectivity index (χ2v) is 9.99. The number of rotatable bonds is 7. The Bertz CT molecular complexity index is 865. The molecule has 2 N–H and O–H groups in total. The number of piperidine rings is 1. The highest BCUT2D eigenvalue weighted by atomic mass is 16.6. The van der Waals surface area contributed by atoms with Gasteiger partial charge in [-0.25, -0.2) is 4.79 Å². The number of anilines is 1. The molecule has 1 unspecified atom stereocenters. The van der Waals surface area contributed by atoms with Crippen molar-refractivity contribution in [3.8, 4) is 0 Å². The van der Waals surface area contributed by atoms with Gasteiger partial charge in [0, 0.05) is 43.3 Å². The third-order valence-corrected chi connectivity index (χ3v) is 6.15. The van der Waals surface area contributed by atoms with E-state index in [0.29, 0.717) is 18.0 Å². The topological polar surface area (TPSA) is 83.6 Å². The van der Waals surface area contributed by atoms with Gasteiger partial charge in [-0.3, -0.25) is 9.78 Å². The highest BCUT2D eigenvalue weighted by Crippen LogP contribution is 2.25. The number of alkyl carbamates (subject to hydrolysis) is 1. The van der Waals surface area contributed by atoms with Crippen LogP contribution in [0.1, 0.15) is 59.8 Å². The molecule has 180 valence electrons. The van der Waals surface area contributed by atoms with E-state index in [9.17, 15) is 9.59 Å². The van der Waals surface area contributed by atoms with Gasteiger partial charge in [-0.1, -0.05) is 6.08 Å². The minimum Gasteiger partial charge on any atom is -0.444 e. The maximum absolute atomic E-state index is 12.6. The Morgan fingerprint density at radius 2 is 1.88 bits per heavy atom. The van der Waals surface area contributed by atoms with Crippen molar-refractivity contribution in [3.05, 3.63) is 47.8 Å². The van der Waals surface area contributed by atoms with Crippen LogP contribution in [-0.4, -0.2) is 48.3 Å². The Kier molecular flexibility index (Phi) is 8.53. The molecule has 1 aliphatic carbocycles. The van der Waals surface area contributed by atoms with Gasteiger partial charge in [0.1, 0.15) is 5.60 Å². The quantitative estimate of drug-likeness (QED) is 0.598. The minimum atomic E-state index is -0.534. The molecule has 2 amide bonds. The van der Waals surface area contributed by atoms with Gasteiger partial charge < -0.3 is 20.3 Å². The Morgan fingerprint density at radius 1 is 1.18 bits per heavy atom. The van der Waals surface area contributed by atoms with Crippen molar-refractivity contribution in [1.82, 2.24) is 15.6 Å². The van der Waals surface area contributed by atoms with Crippen molar-refractivity contribution >= 4 is 17.7 Å². The first kappa shape index (κ1) is 24.8. The van der Waals surface area contributed by atoms with E-state index in [1.165, 1.54) is 5.69 Å². The average Bonchev–Trinajstić information content (AvgIpc) is 3.19. The largest absolute Gasteiger partial charge is 0.444 e. The predicted molar refractivity (Wildman–Crippen MR) is 131 cm³/mol. The lowest BCUT2D eigenvalue weighted by molar-refractivity contribution is -0.117. The van der Waals surface area contributed by atoms with Crippen LogP contribution in [0.15, 0.2) is 47.8 Å². The molecule has 0 radical (unpaired) electrons. The van der Waals surface area contributed by atoms with Gasteiger partial charge in [-0.05, 0) is 89.5 Å². The molecule has 7 heteroatoms. The SMILES string of the molecule is C/C(=C\C1=CCCC1NC(=O)OC(C)(C)C)C(=O)NCCC1CCN(c2ccncc2)CC1. The summed E-state index contributed by atoms with van der Waals surface area (Å²) in [6.07, 6.45) is 12.2. The summed E-state index contributed by atoms with van der Waals surface area (Å²) in [7, 11) is 0. The van der Waals surface area contributed by atoms with Crippen LogP contribution in [0.5, 0.6) is 0 Å². The zero-order valence-electron chi connectivity index (χ0n) is 20.4. The summed E-state index contributed by atoms with van der Waals surface area (Å²) in [5.41, 5.74) is 2.33. The monoisotopic (exact) mass is 454 g/mol. The molecule has 1 aromatic rings. The number of allylic oxidation sites excluding steroid dienone is 1. The molecule has 0 saturated carbocycles. The van der Waals surface area contributed by atoms with Gasteiger partial charge in [0.05, 0.1) is 6.04 Å².